The topological polar surface area (TPSA) is 53.4 Å². The fraction of sp³-hybridized carbons (Fsp3) is 0.538. The minimum atomic E-state index is -0.717. The Morgan fingerprint density at radius 1 is 1.53 bits per heavy atom. The summed E-state index contributed by atoms with van der Waals surface area (Å²) >= 11 is 0. The van der Waals surface area contributed by atoms with E-state index in [9.17, 15) is 9.90 Å². The zero-order chi connectivity index (χ0) is 12.3. The first-order valence-corrected chi connectivity index (χ1v) is 6.05. The zero-order valence-corrected chi connectivity index (χ0v) is 10.1. The van der Waals surface area contributed by atoms with E-state index in [2.05, 4.69) is 4.98 Å². The number of hydrogen-bond acceptors (Lipinski definition) is 3. The molecule has 1 N–H and O–H groups in total. The van der Waals surface area contributed by atoms with Crippen molar-refractivity contribution in [3.63, 3.8) is 0 Å². The number of likely N-dealkylation sites (tertiary alicyclic amines) is 1. The van der Waals surface area contributed by atoms with Crippen LogP contribution in [0.5, 0.6) is 0 Å². The smallest absolute Gasteiger partial charge is 0.225 e. The van der Waals surface area contributed by atoms with Gasteiger partial charge < -0.3 is 10.0 Å². The maximum Gasteiger partial charge on any atom is 0.225 e. The number of aryl methyl sites for hydroxylation is 1. The van der Waals surface area contributed by atoms with Gasteiger partial charge in [-0.15, -0.1) is 0 Å². The van der Waals surface area contributed by atoms with Crippen LogP contribution >= 0.6 is 0 Å². The number of aliphatic hydroxyl groups excluding tert-OH is 1. The molecule has 0 saturated carbocycles. The average molecular weight is 234 g/mol. The first-order valence-electron chi connectivity index (χ1n) is 6.05. The van der Waals surface area contributed by atoms with Crippen LogP contribution in [0.25, 0.3) is 0 Å². The molecule has 0 spiro atoms. The summed E-state index contributed by atoms with van der Waals surface area (Å²) in [6, 6.07) is 1.78. The molecule has 1 aromatic rings. The normalized spacial score (nSPS) is 17.2. The van der Waals surface area contributed by atoms with Gasteiger partial charge in [0.15, 0.2) is 0 Å². The Morgan fingerprint density at radius 3 is 2.88 bits per heavy atom. The molecule has 0 aliphatic carbocycles. The molecule has 0 aromatic carbocycles. The van der Waals surface area contributed by atoms with Crippen molar-refractivity contribution < 1.29 is 9.90 Å². The minimum absolute atomic E-state index is 0.0474. The molecule has 1 fully saturated rings. The Morgan fingerprint density at radius 2 is 2.24 bits per heavy atom. The quantitative estimate of drug-likeness (QED) is 0.861. The van der Waals surface area contributed by atoms with E-state index in [1.165, 1.54) is 0 Å². The predicted octanol–water partition coefficient (Wildman–Crippen LogP) is 1.44. The van der Waals surface area contributed by atoms with Crippen LogP contribution in [0.3, 0.4) is 0 Å². The number of hydrogen-bond donors (Lipinski definition) is 1. The van der Waals surface area contributed by atoms with Crippen LogP contribution in [-0.2, 0) is 4.79 Å². The predicted molar refractivity (Wildman–Crippen MR) is 64.4 cm³/mol. The van der Waals surface area contributed by atoms with E-state index in [0.717, 1.165) is 37.1 Å². The van der Waals surface area contributed by atoms with Crippen LogP contribution in [0.1, 0.15) is 36.5 Å². The van der Waals surface area contributed by atoms with Crippen LogP contribution in [-0.4, -0.2) is 34.0 Å². The summed E-state index contributed by atoms with van der Waals surface area (Å²) in [7, 11) is 0. The lowest BCUT2D eigenvalue weighted by Crippen LogP contribution is -2.29. The van der Waals surface area contributed by atoms with Gasteiger partial charge in [0.05, 0.1) is 12.5 Å². The summed E-state index contributed by atoms with van der Waals surface area (Å²) in [6.45, 7) is 3.56. The van der Waals surface area contributed by atoms with Crippen molar-refractivity contribution in [1.29, 1.82) is 0 Å². The molecule has 4 heteroatoms. The van der Waals surface area contributed by atoms with Crippen LogP contribution in [0.4, 0.5) is 0 Å². The van der Waals surface area contributed by atoms with E-state index in [4.69, 9.17) is 0 Å². The summed E-state index contributed by atoms with van der Waals surface area (Å²) in [6.07, 6.45) is 4.97. The highest BCUT2D eigenvalue weighted by atomic mass is 16.3. The van der Waals surface area contributed by atoms with E-state index in [1.807, 2.05) is 11.8 Å². The minimum Gasteiger partial charge on any atom is -0.388 e. The number of carbonyl (C=O) groups is 1. The van der Waals surface area contributed by atoms with Crippen LogP contribution in [0.2, 0.25) is 0 Å². The highest BCUT2D eigenvalue weighted by Gasteiger charge is 2.22. The molecule has 0 radical (unpaired) electrons. The Balaban J connectivity index is 1.99. The molecule has 1 saturated heterocycles. The van der Waals surface area contributed by atoms with Crippen molar-refractivity contribution >= 4 is 5.91 Å². The summed E-state index contributed by atoms with van der Waals surface area (Å²) in [5.74, 6) is 0.0474. The summed E-state index contributed by atoms with van der Waals surface area (Å²) in [5, 5.41) is 10.1. The lowest BCUT2D eigenvalue weighted by Gasteiger charge is -2.18. The highest BCUT2D eigenvalue weighted by Crippen LogP contribution is 2.21. The third-order valence-electron chi connectivity index (χ3n) is 3.25. The number of rotatable bonds is 3. The average Bonchev–Trinajstić information content (AvgIpc) is 2.82. The summed E-state index contributed by atoms with van der Waals surface area (Å²) < 4.78 is 0. The van der Waals surface area contributed by atoms with E-state index in [1.54, 1.807) is 18.5 Å². The molecule has 2 rings (SSSR count). The SMILES string of the molecule is Cc1cnccc1[C@H](O)CC(=O)N1CCCC1. The van der Waals surface area contributed by atoms with Gasteiger partial charge in [0.2, 0.25) is 5.91 Å². The van der Waals surface area contributed by atoms with Crippen molar-refractivity contribution in [3.05, 3.63) is 29.6 Å². The van der Waals surface area contributed by atoms with E-state index in [0.29, 0.717) is 0 Å². The summed E-state index contributed by atoms with van der Waals surface area (Å²) in [5.41, 5.74) is 1.72. The second-order valence-electron chi connectivity index (χ2n) is 4.54. The van der Waals surface area contributed by atoms with Gasteiger partial charge in [0.1, 0.15) is 0 Å². The molecule has 17 heavy (non-hydrogen) atoms. The second-order valence-corrected chi connectivity index (χ2v) is 4.54. The van der Waals surface area contributed by atoms with Crippen LogP contribution in [0.15, 0.2) is 18.5 Å². The lowest BCUT2D eigenvalue weighted by atomic mass is 10.0. The molecule has 4 nitrogen and oxygen atoms in total. The molecule has 92 valence electrons. The largest absolute Gasteiger partial charge is 0.388 e. The van der Waals surface area contributed by atoms with E-state index >= 15 is 0 Å². The number of pyridine rings is 1. The van der Waals surface area contributed by atoms with Gasteiger partial charge in [-0.2, -0.15) is 0 Å². The molecule has 0 bridgehead atoms. The number of aliphatic hydroxyl groups is 1. The third-order valence-corrected chi connectivity index (χ3v) is 3.25. The molecule has 2 heterocycles. The van der Waals surface area contributed by atoms with Gasteiger partial charge in [-0.25, -0.2) is 0 Å². The Hall–Kier alpha value is -1.42. The monoisotopic (exact) mass is 234 g/mol. The van der Waals surface area contributed by atoms with Gasteiger partial charge in [-0.3, -0.25) is 9.78 Å². The van der Waals surface area contributed by atoms with Gasteiger partial charge >= 0.3 is 0 Å². The Labute approximate surface area is 101 Å². The number of amides is 1. The van der Waals surface area contributed by atoms with Gasteiger partial charge in [0.25, 0.3) is 0 Å². The van der Waals surface area contributed by atoms with E-state index < -0.39 is 6.10 Å². The zero-order valence-electron chi connectivity index (χ0n) is 10.1. The van der Waals surface area contributed by atoms with Gasteiger partial charge in [-0.1, -0.05) is 0 Å². The van der Waals surface area contributed by atoms with Crippen LogP contribution in [0, 0.1) is 6.92 Å². The first kappa shape index (κ1) is 12.0. The van der Waals surface area contributed by atoms with Crippen molar-refractivity contribution in [2.75, 3.05) is 13.1 Å². The van der Waals surface area contributed by atoms with Gasteiger partial charge in [0, 0.05) is 25.5 Å². The maximum atomic E-state index is 11.9. The molecule has 1 aromatic heterocycles. The molecule has 1 amide bonds. The third kappa shape index (κ3) is 2.82. The molecule has 0 unspecified atom stereocenters. The number of aromatic nitrogens is 1. The molecular weight excluding hydrogens is 216 g/mol. The first-order chi connectivity index (χ1) is 8.18. The molecule has 1 aliphatic rings. The number of carbonyl (C=O) groups excluding carboxylic acids is 1. The maximum absolute atomic E-state index is 11.9. The lowest BCUT2D eigenvalue weighted by molar-refractivity contribution is -0.132. The van der Waals surface area contributed by atoms with Crippen LogP contribution < -0.4 is 0 Å². The van der Waals surface area contributed by atoms with Gasteiger partial charge in [-0.05, 0) is 37.0 Å². The second kappa shape index (κ2) is 5.27. The molecular formula is C13H18N2O2. The fourth-order valence-corrected chi connectivity index (χ4v) is 2.23. The Bertz CT molecular complexity index is 400. The van der Waals surface area contributed by atoms with Crippen molar-refractivity contribution in [1.82, 2.24) is 9.88 Å². The van der Waals surface area contributed by atoms with Crippen molar-refractivity contribution in [3.8, 4) is 0 Å². The van der Waals surface area contributed by atoms with Crippen molar-refractivity contribution in [2.24, 2.45) is 0 Å². The molecule has 1 atom stereocenters. The fourth-order valence-electron chi connectivity index (χ4n) is 2.23. The standard InChI is InChI=1S/C13H18N2O2/c1-10-9-14-5-4-11(10)12(16)8-13(17)15-6-2-3-7-15/h4-5,9,12,16H,2-3,6-8H2,1H3/t12-/m1/s1. The highest BCUT2D eigenvalue weighted by molar-refractivity contribution is 5.77. The van der Waals surface area contributed by atoms with Crippen molar-refractivity contribution in [2.45, 2.75) is 32.3 Å². The van der Waals surface area contributed by atoms with E-state index in [-0.39, 0.29) is 12.3 Å². The Kier molecular flexibility index (Phi) is 3.74. The summed E-state index contributed by atoms with van der Waals surface area (Å²) in [4.78, 5) is 17.7. The molecule has 1 aliphatic heterocycles. The number of nitrogens with zero attached hydrogens (tertiary/aromatic N) is 2.